The molecular formula is C17H23NO6S. The fraction of sp³-hybridized carbons (Fsp3) is 0.529. The lowest BCUT2D eigenvalue weighted by atomic mass is 10.1. The van der Waals surface area contributed by atoms with Crippen LogP contribution < -0.4 is 10.1 Å². The average molecular weight is 369 g/mol. The van der Waals surface area contributed by atoms with Crippen molar-refractivity contribution in [2.24, 2.45) is 5.92 Å². The van der Waals surface area contributed by atoms with Gasteiger partial charge in [0.25, 0.3) is 5.91 Å². The lowest BCUT2D eigenvalue weighted by Crippen LogP contribution is -2.31. The van der Waals surface area contributed by atoms with Crippen LogP contribution in [0, 0.1) is 5.92 Å². The summed E-state index contributed by atoms with van der Waals surface area (Å²) >= 11 is 0. The second-order valence-corrected chi connectivity index (χ2v) is 8.39. The highest BCUT2D eigenvalue weighted by atomic mass is 32.2. The quantitative estimate of drug-likeness (QED) is 0.726. The van der Waals surface area contributed by atoms with Gasteiger partial charge in [0, 0.05) is 12.0 Å². The van der Waals surface area contributed by atoms with Crippen molar-refractivity contribution in [3.8, 4) is 5.75 Å². The standard InChI is InChI=1S/C17H23NO6S/c1-12(14-5-3-4-6-15(14)23-2)18-16(19)10-24-17(20)9-13-7-8-25(21,22)11-13/h3-6,12-13H,7-11H2,1-2H3,(H,18,19). The van der Waals surface area contributed by atoms with Gasteiger partial charge in [0.1, 0.15) is 5.75 Å². The molecule has 0 aromatic heterocycles. The van der Waals surface area contributed by atoms with Gasteiger partial charge >= 0.3 is 5.97 Å². The van der Waals surface area contributed by atoms with Crippen LogP contribution in [0.4, 0.5) is 0 Å². The molecule has 1 aliphatic rings. The van der Waals surface area contributed by atoms with Crippen LogP contribution in [0.5, 0.6) is 5.75 Å². The molecule has 1 amide bonds. The number of nitrogens with one attached hydrogen (secondary N) is 1. The van der Waals surface area contributed by atoms with E-state index in [0.717, 1.165) is 5.56 Å². The predicted octanol–water partition coefficient (Wildman–Crippen LogP) is 1.24. The molecule has 138 valence electrons. The SMILES string of the molecule is COc1ccccc1C(C)NC(=O)COC(=O)CC1CCS(=O)(=O)C1. The van der Waals surface area contributed by atoms with Crippen LogP contribution in [-0.4, -0.2) is 45.5 Å². The second-order valence-electron chi connectivity index (χ2n) is 6.17. The van der Waals surface area contributed by atoms with Crippen molar-refractivity contribution in [3.63, 3.8) is 0 Å². The number of benzene rings is 1. The molecule has 2 rings (SSSR count). The van der Waals surface area contributed by atoms with Crippen molar-refractivity contribution in [2.75, 3.05) is 25.2 Å². The van der Waals surface area contributed by atoms with Crippen LogP contribution in [0.1, 0.15) is 31.4 Å². The van der Waals surface area contributed by atoms with E-state index in [2.05, 4.69) is 5.32 Å². The molecule has 0 radical (unpaired) electrons. The summed E-state index contributed by atoms with van der Waals surface area (Å²) in [6.45, 7) is 1.42. The molecule has 0 saturated carbocycles. The van der Waals surface area contributed by atoms with Gasteiger partial charge < -0.3 is 14.8 Å². The number of carbonyl (C=O) groups excluding carboxylic acids is 2. The van der Waals surface area contributed by atoms with Crippen LogP contribution in [0.25, 0.3) is 0 Å². The van der Waals surface area contributed by atoms with E-state index in [1.54, 1.807) is 20.1 Å². The van der Waals surface area contributed by atoms with Gasteiger partial charge in [-0.15, -0.1) is 0 Å². The topological polar surface area (TPSA) is 98.8 Å². The van der Waals surface area contributed by atoms with Gasteiger partial charge in [-0.1, -0.05) is 18.2 Å². The number of methoxy groups -OCH3 is 1. The van der Waals surface area contributed by atoms with Crippen LogP contribution >= 0.6 is 0 Å². The van der Waals surface area contributed by atoms with Gasteiger partial charge in [0.2, 0.25) is 0 Å². The van der Waals surface area contributed by atoms with E-state index in [1.165, 1.54) is 0 Å². The Bertz CT molecular complexity index is 730. The number of rotatable bonds is 7. The summed E-state index contributed by atoms with van der Waals surface area (Å²) in [5.41, 5.74) is 0.820. The minimum atomic E-state index is -3.02. The molecule has 0 bridgehead atoms. The maximum absolute atomic E-state index is 11.9. The Morgan fingerprint density at radius 2 is 2.04 bits per heavy atom. The third-order valence-electron chi connectivity index (χ3n) is 4.13. The molecule has 0 spiro atoms. The summed E-state index contributed by atoms with van der Waals surface area (Å²) in [5.74, 6) is -0.406. The molecule has 0 aliphatic carbocycles. The molecule has 8 heteroatoms. The minimum absolute atomic E-state index is 0.0130. The fourth-order valence-corrected chi connectivity index (χ4v) is 4.72. The number of esters is 1. The number of hydrogen-bond donors (Lipinski definition) is 1. The number of hydrogen-bond acceptors (Lipinski definition) is 6. The molecule has 1 aromatic rings. The molecular weight excluding hydrogens is 346 g/mol. The zero-order chi connectivity index (χ0) is 18.4. The Morgan fingerprint density at radius 3 is 2.68 bits per heavy atom. The molecule has 25 heavy (non-hydrogen) atoms. The van der Waals surface area contributed by atoms with Crippen molar-refractivity contribution in [1.82, 2.24) is 5.32 Å². The monoisotopic (exact) mass is 369 g/mol. The van der Waals surface area contributed by atoms with Crippen LogP contribution in [-0.2, 0) is 24.2 Å². The lowest BCUT2D eigenvalue weighted by Gasteiger charge is -2.17. The first-order valence-electron chi connectivity index (χ1n) is 8.09. The highest BCUT2D eigenvalue weighted by Gasteiger charge is 2.30. The van der Waals surface area contributed by atoms with E-state index in [9.17, 15) is 18.0 Å². The molecule has 1 N–H and O–H groups in total. The van der Waals surface area contributed by atoms with E-state index in [-0.39, 0.29) is 29.9 Å². The molecule has 1 aliphatic heterocycles. The largest absolute Gasteiger partial charge is 0.496 e. The Morgan fingerprint density at radius 1 is 1.32 bits per heavy atom. The summed E-state index contributed by atoms with van der Waals surface area (Å²) < 4.78 is 32.9. The van der Waals surface area contributed by atoms with Gasteiger partial charge in [0.05, 0.1) is 24.7 Å². The van der Waals surface area contributed by atoms with Crippen molar-refractivity contribution in [3.05, 3.63) is 29.8 Å². The number of amides is 1. The smallest absolute Gasteiger partial charge is 0.306 e. The molecule has 1 fully saturated rings. The molecule has 1 saturated heterocycles. The van der Waals surface area contributed by atoms with Gasteiger partial charge in [-0.05, 0) is 25.3 Å². The number of para-hydroxylation sites is 1. The van der Waals surface area contributed by atoms with Crippen molar-refractivity contribution < 1.29 is 27.5 Å². The van der Waals surface area contributed by atoms with Gasteiger partial charge in [-0.3, -0.25) is 9.59 Å². The van der Waals surface area contributed by atoms with E-state index in [4.69, 9.17) is 9.47 Å². The van der Waals surface area contributed by atoms with E-state index in [0.29, 0.717) is 12.2 Å². The molecule has 1 aromatic carbocycles. The summed E-state index contributed by atoms with van der Waals surface area (Å²) in [6.07, 6.45) is 0.489. The Labute approximate surface area is 147 Å². The Hall–Kier alpha value is -2.09. The highest BCUT2D eigenvalue weighted by Crippen LogP contribution is 2.24. The van der Waals surface area contributed by atoms with E-state index < -0.39 is 28.3 Å². The molecule has 2 unspecified atom stereocenters. The highest BCUT2D eigenvalue weighted by molar-refractivity contribution is 7.91. The third kappa shape index (κ3) is 5.74. The zero-order valence-electron chi connectivity index (χ0n) is 14.4. The zero-order valence-corrected chi connectivity index (χ0v) is 15.2. The maximum atomic E-state index is 11.9. The number of sulfone groups is 1. The van der Waals surface area contributed by atoms with Crippen molar-refractivity contribution in [1.29, 1.82) is 0 Å². The summed E-state index contributed by atoms with van der Waals surface area (Å²) in [6, 6.07) is 7.02. The van der Waals surface area contributed by atoms with Gasteiger partial charge in [-0.2, -0.15) is 0 Å². The normalized spacial score (nSPS) is 19.8. The van der Waals surface area contributed by atoms with Crippen molar-refractivity contribution >= 4 is 21.7 Å². The summed E-state index contributed by atoms with van der Waals surface area (Å²) in [7, 11) is -1.47. The Balaban J connectivity index is 1.77. The second kappa shape index (κ2) is 8.33. The van der Waals surface area contributed by atoms with Gasteiger partial charge in [-0.25, -0.2) is 8.42 Å². The molecule has 7 nitrogen and oxygen atoms in total. The van der Waals surface area contributed by atoms with Crippen molar-refractivity contribution in [2.45, 2.75) is 25.8 Å². The van der Waals surface area contributed by atoms with Crippen LogP contribution in [0.3, 0.4) is 0 Å². The number of ether oxygens (including phenoxy) is 2. The maximum Gasteiger partial charge on any atom is 0.306 e. The summed E-state index contributed by atoms with van der Waals surface area (Å²) in [5, 5.41) is 2.74. The summed E-state index contributed by atoms with van der Waals surface area (Å²) in [4.78, 5) is 23.7. The van der Waals surface area contributed by atoms with E-state index >= 15 is 0 Å². The third-order valence-corrected chi connectivity index (χ3v) is 5.97. The Kier molecular flexibility index (Phi) is 6.41. The van der Waals surface area contributed by atoms with Crippen LogP contribution in [0.15, 0.2) is 24.3 Å². The van der Waals surface area contributed by atoms with E-state index in [1.807, 2.05) is 18.2 Å². The lowest BCUT2D eigenvalue weighted by molar-refractivity contribution is -0.149. The fourth-order valence-electron chi connectivity index (χ4n) is 2.86. The first-order chi connectivity index (χ1) is 11.8. The minimum Gasteiger partial charge on any atom is -0.496 e. The molecule has 1 heterocycles. The molecule has 2 atom stereocenters. The predicted molar refractivity (Wildman–Crippen MR) is 91.9 cm³/mol. The average Bonchev–Trinajstić information content (AvgIpc) is 2.91. The number of carbonyl (C=O) groups is 2. The first kappa shape index (κ1) is 19.2. The van der Waals surface area contributed by atoms with Gasteiger partial charge in [0.15, 0.2) is 16.4 Å². The van der Waals surface area contributed by atoms with Crippen LogP contribution in [0.2, 0.25) is 0 Å². The first-order valence-corrected chi connectivity index (χ1v) is 9.91.